The molecule has 3 aromatic heterocycles. The zero-order valence-corrected chi connectivity index (χ0v) is 16.5. The van der Waals surface area contributed by atoms with E-state index < -0.39 is 11.7 Å². The Bertz CT molecular complexity index is 980. The smallest absolute Gasteiger partial charge is 0.347 e. The second-order valence-electron chi connectivity index (χ2n) is 6.30. The summed E-state index contributed by atoms with van der Waals surface area (Å²) in [4.78, 5) is 17.4. The van der Waals surface area contributed by atoms with Gasteiger partial charge in [-0.1, -0.05) is 25.4 Å². The molecule has 0 bridgehead atoms. The van der Waals surface area contributed by atoms with Crippen molar-refractivity contribution < 1.29 is 18.0 Å². The zero-order chi connectivity index (χ0) is 20.5. The summed E-state index contributed by atoms with van der Waals surface area (Å²) in [5.41, 5.74) is 0.0652. The highest BCUT2D eigenvalue weighted by Crippen LogP contribution is 2.29. The van der Waals surface area contributed by atoms with Crippen LogP contribution < -0.4 is 5.32 Å². The van der Waals surface area contributed by atoms with Gasteiger partial charge in [0, 0.05) is 11.1 Å². The normalized spacial score (nSPS) is 11.8. The quantitative estimate of drug-likeness (QED) is 0.618. The first-order valence-corrected chi connectivity index (χ1v) is 9.50. The number of nitrogens with one attached hydrogen (secondary N) is 1. The maximum atomic E-state index is 12.7. The van der Waals surface area contributed by atoms with Crippen LogP contribution in [0.25, 0.3) is 5.82 Å². The standard InChI is InChI=1S/C18H16ClF3N4OS/c1-10(2)16-13(17(27)24-8-12-4-5-14(19)28-12)9-25-26(16)15-6-3-11(7-23-15)18(20,21)22/h3-7,9-10H,8H2,1-2H3,(H,24,27). The molecule has 0 aliphatic carbocycles. The van der Waals surface area contributed by atoms with Gasteiger partial charge in [0.1, 0.15) is 0 Å². The highest BCUT2D eigenvalue weighted by Gasteiger charge is 2.31. The first kappa shape index (κ1) is 20.3. The third-order valence-electron chi connectivity index (χ3n) is 3.94. The summed E-state index contributed by atoms with van der Waals surface area (Å²) in [6.07, 6.45) is -2.32. The first-order chi connectivity index (χ1) is 13.2. The van der Waals surface area contributed by atoms with Crippen LogP contribution in [0.1, 0.15) is 46.3 Å². The van der Waals surface area contributed by atoms with Crippen LogP contribution in [0.3, 0.4) is 0 Å². The van der Waals surface area contributed by atoms with E-state index >= 15 is 0 Å². The van der Waals surface area contributed by atoms with Crippen molar-refractivity contribution in [3.8, 4) is 5.82 Å². The van der Waals surface area contributed by atoms with Crippen molar-refractivity contribution in [1.29, 1.82) is 0 Å². The van der Waals surface area contributed by atoms with Crippen molar-refractivity contribution in [3.05, 3.63) is 62.7 Å². The van der Waals surface area contributed by atoms with Crippen LogP contribution in [0.2, 0.25) is 4.34 Å². The Kier molecular flexibility index (Phi) is 5.76. The predicted molar refractivity (Wildman–Crippen MR) is 101 cm³/mol. The summed E-state index contributed by atoms with van der Waals surface area (Å²) in [6, 6.07) is 5.75. The number of hydrogen-bond acceptors (Lipinski definition) is 4. The maximum absolute atomic E-state index is 12.7. The van der Waals surface area contributed by atoms with E-state index in [9.17, 15) is 18.0 Å². The molecule has 0 radical (unpaired) electrons. The van der Waals surface area contributed by atoms with Crippen molar-refractivity contribution in [2.45, 2.75) is 32.5 Å². The molecule has 1 amide bonds. The number of aromatic nitrogens is 3. The third-order valence-corrected chi connectivity index (χ3v) is 5.17. The van der Waals surface area contributed by atoms with Crippen LogP contribution in [0.4, 0.5) is 13.2 Å². The van der Waals surface area contributed by atoms with Gasteiger partial charge in [-0.3, -0.25) is 4.79 Å². The Morgan fingerprint density at radius 2 is 2.00 bits per heavy atom. The molecule has 148 valence electrons. The number of halogens is 4. The summed E-state index contributed by atoms with van der Waals surface area (Å²) in [6.45, 7) is 4.05. The van der Waals surface area contributed by atoms with Gasteiger partial charge in [-0.2, -0.15) is 18.3 Å². The van der Waals surface area contributed by atoms with Crippen LogP contribution in [-0.2, 0) is 12.7 Å². The molecule has 28 heavy (non-hydrogen) atoms. The Balaban J connectivity index is 1.86. The lowest BCUT2D eigenvalue weighted by molar-refractivity contribution is -0.137. The fourth-order valence-electron chi connectivity index (χ4n) is 2.66. The van der Waals surface area contributed by atoms with Gasteiger partial charge in [-0.25, -0.2) is 9.67 Å². The van der Waals surface area contributed by atoms with E-state index in [0.29, 0.717) is 22.1 Å². The lowest BCUT2D eigenvalue weighted by atomic mass is 10.1. The van der Waals surface area contributed by atoms with Crippen molar-refractivity contribution in [1.82, 2.24) is 20.1 Å². The molecule has 0 aliphatic rings. The number of carbonyl (C=O) groups excluding carboxylic acids is 1. The molecule has 0 saturated carbocycles. The second kappa shape index (κ2) is 7.92. The highest BCUT2D eigenvalue weighted by atomic mass is 35.5. The number of rotatable bonds is 5. The average Bonchev–Trinajstić information content (AvgIpc) is 3.25. The van der Waals surface area contributed by atoms with Gasteiger partial charge in [0.25, 0.3) is 5.91 Å². The molecule has 3 rings (SSSR count). The monoisotopic (exact) mass is 428 g/mol. The van der Waals surface area contributed by atoms with E-state index in [2.05, 4.69) is 15.4 Å². The minimum atomic E-state index is -4.47. The topological polar surface area (TPSA) is 59.8 Å². The van der Waals surface area contributed by atoms with E-state index in [1.54, 1.807) is 6.07 Å². The summed E-state index contributed by atoms with van der Waals surface area (Å²) in [5, 5.41) is 6.98. The van der Waals surface area contributed by atoms with Crippen LogP contribution in [-0.4, -0.2) is 20.7 Å². The van der Waals surface area contributed by atoms with Gasteiger partial charge >= 0.3 is 6.18 Å². The van der Waals surface area contributed by atoms with E-state index in [4.69, 9.17) is 11.6 Å². The van der Waals surface area contributed by atoms with Crippen molar-refractivity contribution in [2.75, 3.05) is 0 Å². The molecule has 0 saturated heterocycles. The third kappa shape index (κ3) is 4.36. The Labute approximate surface area is 168 Å². The molecule has 0 atom stereocenters. The van der Waals surface area contributed by atoms with Gasteiger partial charge in [-0.05, 0) is 30.2 Å². The summed E-state index contributed by atoms with van der Waals surface area (Å²) in [7, 11) is 0. The molecule has 10 heteroatoms. The van der Waals surface area contributed by atoms with Crippen molar-refractivity contribution in [3.63, 3.8) is 0 Å². The number of nitrogens with zero attached hydrogens (tertiary/aromatic N) is 3. The van der Waals surface area contributed by atoms with Gasteiger partial charge in [0.2, 0.25) is 0 Å². The van der Waals surface area contributed by atoms with Crippen molar-refractivity contribution >= 4 is 28.8 Å². The molecule has 0 aromatic carbocycles. The molecule has 0 unspecified atom stereocenters. The van der Waals surface area contributed by atoms with Crippen LogP contribution in [0.5, 0.6) is 0 Å². The van der Waals surface area contributed by atoms with E-state index in [0.717, 1.165) is 17.1 Å². The number of amides is 1. The molecule has 3 heterocycles. The lowest BCUT2D eigenvalue weighted by Crippen LogP contribution is -2.23. The molecule has 5 nitrogen and oxygen atoms in total. The maximum Gasteiger partial charge on any atom is 0.417 e. The fourth-order valence-corrected chi connectivity index (χ4v) is 3.69. The minimum Gasteiger partial charge on any atom is -0.347 e. The molecule has 0 spiro atoms. The Morgan fingerprint density at radius 3 is 2.54 bits per heavy atom. The number of hydrogen-bond donors (Lipinski definition) is 1. The highest BCUT2D eigenvalue weighted by molar-refractivity contribution is 7.16. The van der Waals surface area contributed by atoms with Crippen molar-refractivity contribution in [2.24, 2.45) is 0 Å². The molecule has 0 aliphatic heterocycles. The average molecular weight is 429 g/mol. The lowest BCUT2D eigenvalue weighted by Gasteiger charge is -2.13. The van der Waals surface area contributed by atoms with Gasteiger partial charge < -0.3 is 5.32 Å². The van der Waals surface area contributed by atoms with Crippen LogP contribution in [0, 0.1) is 0 Å². The molecule has 0 fully saturated rings. The van der Waals surface area contributed by atoms with Crippen LogP contribution in [0.15, 0.2) is 36.7 Å². The molecular weight excluding hydrogens is 413 g/mol. The summed E-state index contributed by atoms with van der Waals surface area (Å²) >= 11 is 7.25. The summed E-state index contributed by atoms with van der Waals surface area (Å²) in [5.74, 6) is -0.226. The zero-order valence-electron chi connectivity index (χ0n) is 14.9. The Morgan fingerprint density at radius 1 is 1.25 bits per heavy atom. The van der Waals surface area contributed by atoms with Crippen LogP contribution >= 0.6 is 22.9 Å². The largest absolute Gasteiger partial charge is 0.417 e. The molecular formula is C18H16ClF3N4OS. The number of carbonyl (C=O) groups is 1. The molecule has 1 N–H and O–H groups in total. The number of thiophene rings is 1. The van der Waals surface area contributed by atoms with E-state index in [-0.39, 0.29) is 17.6 Å². The minimum absolute atomic E-state index is 0.108. The Hall–Kier alpha value is -2.39. The van der Waals surface area contributed by atoms with E-state index in [1.165, 1.54) is 28.3 Å². The summed E-state index contributed by atoms with van der Waals surface area (Å²) < 4.78 is 40.3. The first-order valence-electron chi connectivity index (χ1n) is 8.30. The van der Waals surface area contributed by atoms with E-state index in [1.807, 2.05) is 19.9 Å². The molecule has 3 aromatic rings. The SMILES string of the molecule is CC(C)c1c(C(=O)NCc2ccc(Cl)s2)cnn1-c1ccc(C(F)(F)F)cn1. The number of pyridine rings is 1. The van der Waals surface area contributed by atoms with Gasteiger partial charge in [0.05, 0.1) is 33.9 Å². The van der Waals surface area contributed by atoms with Gasteiger partial charge in [0.15, 0.2) is 5.82 Å². The predicted octanol–water partition coefficient (Wildman–Crippen LogP) is 5.05. The fraction of sp³-hybridized carbons (Fsp3) is 0.278. The second-order valence-corrected chi connectivity index (χ2v) is 8.10. The van der Waals surface area contributed by atoms with Gasteiger partial charge in [-0.15, -0.1) is 11.3 Å². The number of alkyl halides is 3.